The molecule has 2 heterocycles. The van der Waals surface area contributed by atoms with Gasteiger partial charge < -0.3 is 10.2 Å². The lowest BCUT2D eigenvalue weighted by Gasteiger charge is -2.09. The number of nitrogens with zero attached hydrogens (tertiary/aromatic N) is 6. The molecule has 0 aromatic carbocycles. The van der Waals surface area contributed by atoms with Crippen LogP contribution in [0.5, 0.6) is 0 Å². The summed E-state index contributed by atoms with van der Waals surface area (Å²) in [4.78, 5) is 32.1. The Morgan fingerprint density at radius 2 is 1.95 bits per heavy atom. The lowest BCUT2D eigenvalue weighted by molar-refractivity contribution is -0.116. The molecule has 2 N–H and O–H groups in total. The first-order chi connectivity index (χ1) is 10.0. The summed E-state index contributed by atoms with van der Waals surface area (Å²) in [5.74, 6) is -0.0373. The van der Waals surface area contributed by atoms with Gasteiger partial charge in [0.2, 0.25) is 5.91 Å². The van der Waals surface area contributed by atoms with Crippen molar-refractivity contribution in [1.82, 2.24) is 29.9 Å². The van der Waals surface area contributed by atoms with Gasteiger partial charge in [0.15, 0.2) is 5.82 Å². The summed E-state index contributed by atoms with van der Waals surface area (Å²) < 4.78 is 1.31. The molecule has 21 heavy (non-hydrogen) atoms. The third-order valence-corrected chi connectivity index (χ3v) is 2.33. The Balaban J connectivity index is 1.90. The Labute approximate surface area is 120 Å². The summed E-state index contributed by atoms with van der Waals surface area (Å²) in [6.45, 7) is -0.0419. The molecule has 0 radical (unpaired) electrons. The maximum Gasteiger partial charge on any atom is 0.322 e. The van der Waals surface area contributed by atoms with E-state index in [1.165, 1.54) is 34.5 Å². The third-order valence-electron chi connectivity index (χ3n) is 2.33. The largest absolute Gasteiger partial charge is 0.331 e. The van der Waals surface area contributed by atoms with E-state index in [0.717, 1.165) is 0 Å². The van der Waals surface area contributed by atoms with Crippen molar-refractivity contribution in [3.63, 3.8) is 0 Å². The summed E-state index contributed by atoms with van der Waals surface area (Å²) in [6, 6.07) is -0.326. The smallest absolute Gasteiger partial charge is 0.322 e. The zero-order valence-electron chi connectivity index (χ0n) is 11.5. The van der Waals surface area contributed by atoms with E-state index in [1.807, 2.05) is 0 Å². The monoisotopic (exact) mass is 290 g/mol. The third kappa shape index (κ3) is 4.23. The minimum absolute atomic E-state index is 0.0419. The molecule has 0 spiro atoms. The van der Waals surface area contributed by atoms with Crippen LogP contribution in [-0.4, -0.2) is 55.9 Å². The predicted octanol–water partition coefficient (Wildman–Crippen LogP) is -0.200. The molecule has 2 rings (SSSR count). The van der Waals surface area contributed by atoms with Gasteiger partial charge in [-0.25, -0.2) is 19.4 Å². The van der Waals surface area contributed by atoms with Crippen LogP contribution in [0.1, 0.15) is 0 Å². The summed E-state index contributed by atoms with van der Waals surface area (Å²) in [6.07, 6.45) is 5.79. The number of nitrogens with one attached hydrogen (secondary N) is 2. The van der Waals surface area contributed by atoms with E-state index in [0.29, 0.717) is 5.69 Å². The van der Waals surface area contributed by atoms with Crippen LogP contribution in [0.15, 0.2) is 24.9 Å². The van der Waals surface area contributed by atoms with Crippen LogP contribution in [0.4, 0.5) is 16.3 Å². The van der Waals surface area contributed by atoms with E-state index in [2.05, 4.69) is 30.9 Å². The van der Waals surface area contributed by atoms with Gasteiger partial charge in [-0.15, -0.1) is 5.10 Å². The van der Waals surface area contributed by atoms with Gasteiger partial charge in [0.1, 0.15) is 12.9 Å². The predicted molar refractivity (Wildman–Crippen MR) is 73.4 cm³/mol. The Morgan fingerprint density at radius 3 is 2.62 bits per heavy atom. The minimum Gasteiger partial charge on any atom is -0.331 e. The minimum atomic E-state index is -0.326. The highest BCUT2D eigenvalue weighted by molar-refractivity contribution is 5.90. The number of carbonyl (C=O) groups excluding carboxylic acids is 2. The fourth-order valence-corrected chi connectivity index (χ4v) is 1.37. The van der Waals surface area contributed by atoms with E-state index < -0.39 is 0 Å². The van der Waals surface area contributed by atoms with Crippen LogP contribution >= 0.6 is 0 Å². The lowest BCUT2D eigenvalue weighted by Crippen LogP contribution is -2.27. The number of amides is 3. The van der Waals surface area contributed by atoms with Crippen molar-refractivity contribution in [2.45, 2.75) is 6.54 Å². The fourth-order valence-electron chi connectivity index (χ4n) is 1.37. The van der Waals surface area contributed by atoms with Gasteiger partial charge in [-0.05, 0) is 0 Å². The van der Waals surface area contributed by atoms with Gasteiger partial charge in [-0.2, -0.15) is 0 Å². The number of rotatable bonds is 4. The zero-order chi connectivity index (χ0) is 15.2. The highest BCUT2D eigenvalue weighted by atomic mass is 16.2. The molecule has 0 unspecified atom stereocenters. The summed E-state index contributed by atoms with van der Waals surface area (Å²) >= 11 is 0. The van der Waals surface area contributed by atoms with E-state index in [1.54, 1.807) is 14.1 Å². The molecule has 0 atom stereocenters. The highest BCUT2D eigenvalue weighted by Crippen LogP contribution is 2.03. The van der Waals surface area contributed by atoms with Gasteiger partial charge in [0.05, 0.1) is 24.3 Å². The second kappa shape index (κ2) is 6.41. The molecule has 0 saturated heterocycles. The number of urea groups is 1. The maximum absolute atomic E-state index is 11.8. The van der Waals surface area contributed by atoms with Crippen molar-refractivity contribution < 1.29 is 9.59 Å². The molecule has 2 aromatic heterocycles. The van der Waals surface area contributed by atoms with Gasteiger partial charge >= 0.3 is 6.03 Å². The molecule has 10 nitrogen and oxygen atoms in total. The Kier molecular flexibility index (Phi) is 4.39. The van der Waals surface area contributed by atoms with Crippen LogP contribution in [0, 0.1) is 0 Å². The number of anilines is 2. The topological polar surface area (TPSA) is 118 Å². The highest BCUT2D eigenvalue weighted by Gasteiger charge is 2.09. The molecule has 0 aliphatic heterocycles. The second-order valence-corrected chi connectivity index (χ2v) is 4.30. The molecule has 110 valence electrons. The average molecular weight is 290 g/mol. The van der Waals surface area contributed by atoms with Crippen molar-refractivity contribution in [3.05, 3.63) is 24.9 Å². The number of carbonyl (C=O) groups is 2. The van der Waals surface area contributed by atoms with E-state index in [4.69, 9.17) is 0 Å². The van der Waals surface area contributed by atoms with Crippen molar-refractivity contribution in [1.29, 1.82) is 0 Å². The first-order valence-electron chi connectivity index (χ1n) is 5.98. The van der Waals surface area contributed by atoms with E-state index in [9.17, 15) is 9.59 Å². The van der Waals surface area contributed by atoms with Crippen LogP contribution in [0.25, 0.3) is 0 Å². The van der Waals surface area contributed by atoms with Crippen molar-refractivity contribution in [3.8, 4) is 0 Å². The van der Waals surface area contributed by atoms with Crippen molar-refractivity contribution in [2.24, 2.45) is 0 Å². The zero-order valence-corrected chi connectivity index (χ0v) is 11.5. The molecule has 0 fully saturated rings. The molecule has 0 saturated carbocycles. The van der Waals surface area contributed by atoms with E-state index >= 15 is 0 Å². The molecule has 0 aliphatic carbocycles. The average Bonchev–Trinajstić information content (AvgIpc) is 2.86. The van der Waals surface area contributed by atoms with Crippen LogP contribution < -0.4 is 10.6 Å². The lowest BCUT2D eigenvalue weighted by atomic mass is 10.5. The summed E-state index contributed by atoms with van der Waals surface area (Å²) in [7, 11) is 3.21. The molecule has 0 aliphatic rings. The number of hydrogen-bond donors (Lipinski definition) is 2. The first kappa shape index (κ1) is 14.4. The van der Waals surface area contributed by atoms with Crippen molar-refractivity contribution >= 4 is 23.4 Å². The second-order valence-electron chi connectivity index (χ2n) is 4.30. The Morgan fingerprint density at radius 1 is 1.24 bits per heavy atom. The Bertz CT molecular complexity index is 624. The first-order valence-corrected chi connectivity index (χ1v) is 5.98. The normalized spacial score (nSPS) is 10.0. The summed E-state index contributed by atoms with van der Waals surface area (Å²) in [5, 5.41) is 12.6. The number of aromatic nitrogens is 5. The Hall–Kier alpha value is -3.04. The SMILES string of the molecule is CN(C)C(=O)Nc1cn(CC(=O)Nc2cncnc2)nn1. The van der Waals surface area contributed by atoms with Crippen molar-refractivity contribution in [2.75, 3.05) is 24.7 Å². The molecule has 0 bridgehead atoms. The van der Waals surface area contributed by atoms with Crippen LogP contribution in [0.3, 0.4) is 0 Å². The molecular formula is C11H14N8O2. The van der Waals surface area contributed by atoms with Crippen LogP contribution in [-0.2, 0) is 11.3 Å². The standard InChI is InChI=1S/C11H14N8O2/c1-18(2)11(21)15-9-5-19(17-16-9)6-10(20)14-8-3-12-7-13-4-8/h3-5,7H,6H2,1-2H3,(H,14,20)(H,15,21). The van der Waals surface area contributed by atoms with Gasteiger partial charge in [0, 0.05) is 14.1 Å². The molecule has 2 aromatic rings. The number of hydrogen-bond acceptors (Lipinski definition) is 6. The maximum atomic E-state index is 11.8. The van der Waals surface area contributed by atoms with Gasteiger partial charge in [0.25, 0.3) is 0 Å². The molecular weight excluding hydrogens is 276 g/mol. The fraction of sp³-hybridized carbons (Fsp3) is 0.273. The quantitative estimate of drug-likeness (QED) is 0.805. The summed E-state index contributed by atoms with van der Waals surface area (Å²) in [5.41, 5.74) is 0.490. The molecule has 3 amide bonds. The van der Waals surface area contributed by atoms with Gasteiger partial charge in [-0.3, -0.25) is 10.1 Å². The molecule has 10 heteroatoms. The van der Waals surface area contributed by atoms with Crippen LogP contribution in [0.2, 0.25) is 0 Å². The van der Waals surface area contributed by atoms with E-state index in [-0.39, 0.29) is 24.3 Å². The van der Waals surface area contributed by atoms with Gasteiger partial charge in [-0.1, -0.05) is 5.21 Å².